The second-order valence-electron chi connectivity index (χ2n) is 5.01. The van der Waals surface area contributed by atoms with E-state index in [0.29, 0.717) is 5.76 Å². The van der Waals surface area contributed by atoms with Crippen LogP contribution < -0.4 is 5.32 Å². The maximum Gasteiger partial charge on any atom is 0.322 e. The van der Waals surface area contributed by atoms with Crippen LogP contribution in [0.3, 0.4) is 0 Å². The molecule has 0 aromatic carbocycles. The van der Waals surface area contributed by atoms with Gasteiger partial charge in [0, 0.05) is 13.2 Å². The molecule has 1 saturated heterocycles. The van der Waals surface area contributed by atoms with Gasteiger partial charge in [-0.2, -0.15) is 0 Å². The van der Waals surface area contributed by atoms with Crippen molar-refractivity contribution >= 4 is 11.9 Å². The lowest BCUT2D eigenvalue weighted by atomic mass is 10.1. The lowest BCUT2D eigenvalue weighted by Gasteiger charge is -2.13. The molecular weight excluding hydrogens is 276 g/mol. The zero-order chi connectivity index (χ0) is 14.7. The van der Waals surface area contributed by atoms with Crippen molar-refractivity contribution in [3.63, 3.8) is 0 Å². The number of carbonyl (C=O) groups excluding carboxylic acids is 1. The highest BCUT2D eigenvalue weighted by atomic mass is 16.4. The second kappa shape index (κ2) is 6.06. The van der Waals surface area contributed by atoms with Crippen molar-refractivity contribution in [2.45, 2.75) is 6.42 Å². The van der Waals surface area contributed by atoms with E-state index in [0.717, 1.165) is 19.5 Å². The van der Waals surface area contributed by atoms with E-state index in [4.69, 9.17) is 13.9 Å². The molecule has 2 aromatic rings. The summed E-state index contributed by atoms with van der Waals surface area (Å²) in [6, 6.07) is 3.45. The van der Waals surface area contributed by atoms with Crippen LogP contribution in [0.5, 0.6) is 0 Å². The number of aliphatic hydroxyl groups is 1. The van der Waals surface area contributed by atoms with Gasteiger partial charge in [-0.15, -0.1) is 5.10 Å². The number of nitrogens with zero attached hydrogens (tertiary/aromatic N) is 3. The number of hydrogen-bond acceptors (Lipinski definition) is 7. The summed E-state index contributed by atoms with van der Waals surface area (Å²) in [7, 11) is 0. The predicted octanol–water partition coefficient (Wildman–Crippen LogP) is 0.582. The number of nitrogens with one attached hydrogen (secondary N) is 1. The van der Waals surface area contributed by atoms with Gasteiger partial charge >= 0.3 is 6.01 Å². The van der Waals surface area contributed by atoms with Crippen LogP contribution in [0.4, 0.5) is 6.01 Å². The number of amides is 1. The lowest BCUT2D eigenvalue weighted by Crippen LogP contribution is -2.32. The van der Waals surface area contributed by atoms with Crippen LogP contribution in [0.1, 0.15) is 6.42 Å². The van der Waals surface area contributed by atoms with Gasteiger partial charge in [0.25, 0.3) is 5.89 Å². The lowest BCUT2D eigenvalue weighted by molar-refractivity contribution is -0.117. The van der Waals surface area contributed by atoms with Gasteiger partial charge in [-0.25, -0.2) is 0 Å². The van der Waals surface area contributed by atoms with Gasteiger partial charge in [-0.05, 0) is 31.0 Å². The minimum Gasteiger partial charge on any atom is -0.459 e. The first-order valence-electron chi connectivity index (χ1n) is 6.75. The molecule has 2 aromatic heterocycles. The van der Waals surface area contributed by atoms with E-state index in [1.54, 1.807) is 12.1 Å². The normalized spacial score (nSPS) is 19.0. The molecule has 0 spiro atoms. The molecular formula is C13H16N4O4. The van der Waals surface area contributed by atoms with Crippen molar-refractivity contribution in [2.75, 3.05) is 31.6 Å². The van der Waals surface area contributed by atoms with Gasteiger partial charge in [0.05, 0.1) is 12.8 Å². The van der Waals surface area contributed by atoms with E-state index in [1.807, 2.05) is 4.90 Å². The fraction of sp³-hybridized carbons (Fsp3) is 0.462. The van der Waals surface area contributed by atoms with E-state index < -0.39 is 0 Å². The highest BCUT2D eigenvalue weighted by Gasteiger charge is 2.24. The van der Waals surface area contributed by atoms with Crippen molar-refractivity contribution < 1.29 is 18.7 Å². The number of rotatable bonds is 5. The van der Waals surface area contributed by atoms with Gasteiger partial charge < -0.3 is 13.9 Å². The topological polar surface area (TPSA) is 105 Å². The molecule has 1 fully saturated rings. The molecule has 1 amide bonds. The van der Waals surface area contributed by atoms with Gasteiger partial charge in [-0.1, -0.05) is 5.10 Å². The summed E-state index contributed by atoms with van der Waals surface area (Å²) in [5.41, 5.74) is 0. The van der Waals surface area contributed by atoms with Crippen LogP contribution in [0, 0.1) is 5.92 Å². The van der Waals surface area contributed by atoms with Crippen molar-refractivity contribution in [1.29, 1.82) is 0 Å². The summed E-state index contributed by atoms with van der Waals surface area (Å²) in [6.07, 6.45) is 2.41. The number of hydrogen-bond donors (Lipinski definition) is 2. The Hall–Kier alpha value is -2.19. The van der Waals surface area contributed by atoms with E-state index in [1.165, 1.54) is 6.26 Å². The monoisotopic (exact) mass is 292 g/mol. The first-order chi connectivity index (χ1) is 10.2. The number of anilines is 1. The fourth-order valence-electron chi connectivity index (χ4n) is 2.34. The van der Waals surface area contributed by atoms with E-state index >= 15 is 0 Å². The quantitative estimate of drug-likeness (QED) is 0.830. The molecule has 21 heavy (non-hydrogen) atoms. The third kappa shape index (κ3) is 3.29. The average Bonchev–Trinajstić information content (AvgIpc) is 3.19. The van der Waals surface area contributed by atoms with Crippen LogP contribution in [0.15, 0.2) is 27.2 Å². The third-order valence-electron chi connectivity index (χ3n) is 3.40. The Kier molecular flexibility index (Phi) is 3.98. The summed E-state index contributed by atoms with van der Waals surface area (Å²) in [4.78, 5) is 13.9. The summed E-state index contributed by atoms with van der Waals surface area (Å²) >= 11 is 0. The predicted molar refractivity (Wildman–Crippen MR) is 72.3 cm³/mol. The molecule has 0 saturated carbocycles. The number of furan rings is 1. The molecule has 0 radical (unpaired) electrons. The molecule has 1 aliphatic rings. The molecule has 0 bridgehead atoms. The highest BCUT2D eigenvalue weighted by Crippen LogP contribution is 2.20. The van der Waals surface area contributed by atoms with Gasteiger partial charge in [0.1, 0.15) is 0 Å². The first kappa shape index (κ1) is 13.8. The molecule has 2 N–H and O–H groups in total. The number of carbonyl (C=O) groups is 1. The Morgan fingerprint density at radius 2 is 2.43 bits per heavy atom. The SMILES string of the molecule is O=C(CN1CCC(CO)C1)Nc1nnc(-c2ccco2)o1. The van der Waals surface area contributed by atoms with E-state index in [9.17, 15) is 4.79 Å². The van der Waals surface area contributed by atoms with Crippen LogP contribution in [0.25, 0.3) is 11.7 Å². The Morgan fingerprint density at radius 3 is 3.14 bits per heavy atom. The summed E-state index contributed by atoms with van der Waals surface area (Å²) in [6.45, 7) is 1.94. The first-order valence-corrected chi connectivity index (χ1v) is 6.75. The largest absolute Gasteiger partial charge is 0.459 e. The van der Waals surface area contributed by atoms with Crippen molar-refractivity contribution in [2.24, 2.45) is 5.92 Å². The Labute approximate surface area is 120 Å². The fourth-order valence-corrected chi connectivity index (χ4v) is 2.34. The maximum absolute atomic E-state index is 11.9. The standard InChI is InChI=1S/C13H16N4O4/c18-8-9-3-4-17(6-9)7-11(19)14-13-16-15-12(21-13)10-2-1-5-20-10/h1-2,5,9,18H,3-4,6-8H2,(H,14,16,19). The van der Waals surface area contributed by atoms with E-state index in [-0.39, 0.29) is 36.9 Å². The molecule has 1 unspecified atom stereocenters. The number of aliphatic hydroxyl groups excluding tert-OH is 1. The smallest absolute Gasteiger partial charge is 0.322 e. The third-order valence-corrected chi connectivity index (χ3v) is 3.40. The van der Waals surface area contributed by atoms with Gasteiger partial charge in [-0.3, -0.25) is 15.0 Å². The Bertz CT molecular complexity index is 595. The molecule has 3 rings (SSSR count). The van der Waals surface area contributed by atoms with Crippen LogP contribution in [-0.4, -0.2) is 52.4 Å². The number of aromatic nitrogens is 2. The summed E-state index contributed by atoms with van der Waals surface area (Å²) in [5.74, 6) is 0.708. The Morgan fingerprint density at radius 1 is 1.52 bits per heavy atom. The van der Waals surface area contributed by atoms with Gasteiger partial charge in [0.2, 0.25) is 5.91 Å². The minimum absolute atomic E-state index is 0.0457. The molecule has 8 nitrogen and oxygen atoms in total. The average molecular weight is 292 g/mol. The molecule has 112 valence electrons. The molecule has 1 aliphatic heterocycles. The molecule has 8 heteroatoms. The summed E-state index contributed by atoms with van der Waals surface area (Å²) in [5, 5.41) is 19.2. The maximum atomic E-state index is 11.9. The van der Waals surface area contributed by atoms with Crippen molar-refractivity contribution in [1.82, 2.24) is 15.1 Å². The van der Waals surface area contributed by atoms with Crippen LogP contribution in [-0.2, 0) is 4.79 Å². The zero-order valence-corrected chi connectivity index (χ0v) is 11.4. The van der Waals surface area contributed by atoms with Crippen LogP contribution in [0.2, 0.25) is 0 Å². The minimum atomic E-state index is -0.219. The van der Waals surface area contributed by atoms with Crippen molar-refractivity contribution in [3.05, 3.63) is 18.4 Å². The highest BCUT2D eigenvalue weighted by molar-refractivity contribution is 5.90. The van der Waals surface area contributed by atoms with Crippen molar-refractivity contribution in [3.8, 4) is 11.7 Å². The van der Waals surface area contributed by atoms with Gasteiger partial charge in [0.15, 0.2) is 5.76 Å². The molecule has 0 aliphatic carbocycles. The number of likely N-dealkylation sites (tertiary alicyclic amines) is 1. The molecule has 3 heterocycles. The Balaban J connectivity index is 1.53. The van der Waals surface area contributed by atoms with Crippen LogP contribution >= 0.6 is 0 Å². The molecule has 1 atom stereocenters. The summed E-state index contributed by atoms with van der Waals surface area (Å²) < 4.78 is 10.4. The zero-order valence-electron chi connectivity index (χ0n) is 11.4. The second-order valence-corrected chi connectivity index (χ2v) is 5.01. The van der Waals surface area contributed by atoms with E-state index in [2.05, 4.69) is 15.5 Å².